The Kier molecular flexibility index (Phi) is 4.99. The van der Waals surface area contributed by atoms with E-state index in [9.17, 15) is 13.0 Å². The number of nitrogens with zero attached hydrogens (tertiary/aromatic N) is 2. The molecule has 8 nitrogen and oxygen atoms in total. The standard InChI is InChI=1S/C14H18N4O4S2/c19-6-2-5-15-12-7-9(24(20,21)22)8-13(17-12)18-14-16-10-3-1-4-11(10)23-14/h7-8,19H,1-6H2,(H,20,21,22)(H2,15,16,17,18). The molecule has 2 aromatic heterocycles. The van der Waals surface area contributed by atoms with Gasteiger partial charge in [0.1, 0.15) is 16.5 Å². The average molecular weight is 370 g/mol. The van der Waals surface area contributed by atoms with E-state index in [1.54, 1.807) is 0 Å². The molecule has 0 radical (unpaired) electrons. The molecule has 0 aromatic carbocycles. The highest BCUT2D eigenvalue weighted by Gasteiger charge is 2.18. The monoisotopic (exact) mass is 370 g/mol. The summed E-state index contributed by atoms with van der Waals surface area (Å²) in [7, 11) is -4.35. The van der Waals surface area contributed by atoms with Gasteiger partial charge in [-0.25, -0.2) is 9.97 Å². The minimum atomic E-state index is -4.35. The van der Waals surface area contributed by atoms with Crippen molar-refractivity contribution in [3.8, 4) is 0 Å². The maximum atomic E-state index is 11.5. The first kappa shape index (κ1) is 17.1. The van der Waals surface area contributed by atoms with E-state index in [-0.39, 0.29) is 17.3 Å². The number of fused-ring (bicyclic) bond motifs is 1. The minimum absolute atomic E-state index is 0.0146. The number of aliphatic hydroxyl groups excluding tert-OH is 1. The van der Waals surface area contributed by atoms with Crippen molar-refractivity contribution in [1.29, 1.82) is 0 Å². The highest BCUT2D eigenvalue weighted by molar-refractivity contribution is 7.85. The number of hydrogen-bond acceptors (Lipinski definition) is 8. The summed E-state index contributed by atoms with van der Waals surface area (Å²) in [5.74, 6) is 0.578. The average Bonchev–Trinajstić information content (AvgIpc) is 3.07. The first-order valence-corrected chi connectivity index (χ1v) is 9.81. The lowest BCUT2D eigenvalue weighted by atomic mass is 10.4. The quantitative estimate of drug-likeness (QED) is 0.430. The summed E-state index contributed by atoms with van der Waals surface area (Å²) in [5.41, 5.74) is 1.08. The number of nitrogens with one attached hydrogen (secondary N) is 2. The fourth-order valence-electron chi connectivity index (χ4n) is 2.46. The molecule has 3 rings (SSSR count). The number of anilines is 3. The van der Waals surface area contributed by atoms with Crippen molar-refractivity contribution in [2.24, 2.45) is 0 Å². The molecule has 1 aliphatic rings. The van der Waals surface area contributed by atoms with Crippen LogP contribution in [-0.2, 0) is 23.0 Å². The molecule has 4 N–H and O–H groups in total. The second kappa shape index (κ2) is 7.01. The Morgan fingerprint density at radius 1 is 1.21 bits per heavy atom. The zero-order valence-corrected chi connectivity index (χ0v) is 14.5. The number of thiazole rings is 1. The number of aliphatic hydroxyl groups is 1. The van der Waals surface area contributed by atoms with Crippen LogP contribution in [0.3, 0.4) is 0 Å². The van der Waals surface area contributed by atoms with Crippen LogP contribution in [0.2, 0.25) is 0 Å². The number of aromatic nitrogens is 2. The van der Waals surface area contributed by atoms with E-state index < -0.39 is 10.1 Å². The van der Waals surface area contributed by atoms with Crippen LogP contribution in [0.1, 0.15) is 23.4 Å². The van der Waals surface area contributed by atoms with Gasteiger partial charge in [0, 0.05) is 30.2 Å². The smallest absolute Gasteiger partial charge is 0.294 e. The maximum Gasteiger partial charge on any atom is 0.294 e. The fraction of sp³-hybridized carbons (Fsp3) is 0.429. The Balaban J connectivity index is 1.85. The largest absolute Gasteiger partial charge is 0.396 e. The zero-order chi connectivity index (χ0) is 17.2. The van der Waals surface area contributed by atoms with Gasteiger partial charge in [0.25, 0.3) is 10.1 Å². The first-order valence-electron chi connectivity index (χ1n) is 7.55. The summed E-state index contributed by atoms with van der Waals surface area (Å²) < 4.78 is 32.2. The molecule has 0 unspecified atom stereocenters. The fourth-order valence-corrected chi connectivity index (χ4v) is 4.04. The summed E-state index contributed by atoms with van der Waals surface area (Å²) in [6.45, 7) is 0.449. The molecule has 0 spiro atoms. The van der Waals surface area contributed by atoms with Gasteiger partial charge in [-0.2, -0.15) is 8.42 Å². The highest BCUT2D eigenvalue weighted by atomic mass is 32.2. The molecular weight excluding hydrogens is 352 g/mol. The van der Waals surface area contributed by atoms with Gasteiger partial charge in [-0.1, -0.05) is 0 Å². The molecule has 0 bridgehead atoms. The molecule has 0 saturated carbocycles. The zero-order valence-electron chi connectivity index (χ0n) is 12.8. The van der Waals surface area contributed by atoms with Crippen LogP contribution in [0, 0.1) is 0 Å². The van der Waals surface area contributed by atoms with Gasteiger partial charge in [0.2, 0.25) is 0 Å². The third-order valence-electron chi connectivity index (χ3n) is 3.57. The van der Waals surface area contributed by atoms with Gasteiger partial charge in [-0.15, -0.1) is 11.3 Å². The Morgan fingerprint density at radius 2 is 2.00 bits per heavy atom. The molecule has 0 amide bonds. The van der Waals surface area contributed by atoms with Gasteiger partial charge in [0.15, 0.2) is 5.13 Å². The van der Waals surface area contributed by atoms with Crippen LogP contribution in [0.5, 0.6) is 0 Å². The molecule has 0 fully saturated rings. The molecule has 130 valence electrons. The van der Waals surface area contributed by atoms with Crippen LogP contribution in [0.15, 0.2) is 17.0 Å². The van der Waals surface area contributed by atoms with E-state index in [1.165, 1.54) is 28.3 Å². The van der Waals surface area contributed by atoms with Crippen LogP contribution >= 0.6 is 11.3 Å². The topological polar surface area (TPSA) is 124 Å². The minimum Gasteiger partial charge on any atom is -0.396 e. The lowest BCUT2D eigenvalue weighted by Crippen LogP contribution is -2.08. The van der Waals surface area contributed by atoms with Crippen molar-refractivity contribution < 1.29 is 18.1 Å². The van der Waals surface area contributed by atoms with E-state index in [4.69, 9.17) is 5.11 Å². The molecule has 2 aromatic rings. The summed E-state index contributed by atoms with van der Waals surface area (Å²) in [4.78, 5) is 9.76. The van der Waals surface area contributed by atoms with Crippen LogP contribution < -0.4 is 10.6 Å². The van der Waals surface area contributed by atoms with E-state index in [1.807, 2.05) is 0 Å². The van der Waals surface area contributed by atoms with Crippen LogP contribution in [0.25, 0.3) is 0 Å². The van der Waals surface area contributed by atoms with Gasteiger partial charge >= 0.3 is 0 Å². The maximum absolute atomic E-state index is 11.5. The number of rotatable bonds is 7. The number of pyridine rings is 1. The van der Waals surface area contributed by atoms with Crippen molar-refractivity contribution in [3.05, 3.63) is 22.7 Å². The van der Waals surface area contributed by atoms with Gasteiger partial charge in [-0.05, 0) is 25.7 Å². The number of aryl methyl sites for hydroxylation is 2. The van der Waals surface area contributed by atoms with Crippen molar-refractivity contribution in [1.82, 2.24) is 9.97 Å². The normalized spacial score (nSPS) is 13.8. The van der Waals surface area contributed by atoms with Crippen LogP contribution in [0.4, 0.5) is 16.8 Å². The summed E-state index contributed by atoms with van der Waals surface area (Å²) in [6.07, 6.45) is 3.59. The summed E-state index contributed by atoms with van der Waals surface area (Å²) >= 11 is 1.53. The third kappa shape index (κ3) is 4.01. The Labute approximate surface area is 143 Å². The predicted molar refractivity (Wildman–Crippen MR) is 91.7 cm³/mol. The van der Waals surface area contributed by atoms with E-state index in [2.05, 4.69) is 20.6 Å². The number of hydrogen-bond donors (Lipinski definition) is 4. The molecule has 0 saturated heterocycles. The van der Waals surface area contributed by atoms with Crippen molar-refractivity contribution in [3.63, 3.8) is 0 Å². The van der Waals surface area contributed by atoms with Gasteiger partial charge < -0.3 is 15.7 Å². The van der Waals surface area contributed by atoms with E-state index in [0.29, 0.717) is 23.9 Å². The molecule has 2 heterocycles. The molecule has 10 heteroatoms. The predicted octanol–water partition coefficient (Wildman–Crippen LogP) is 1.81. The van der Waals surface area contributed by atoms with E-state index >= 15 is 0 Å². The summed E-state index contributed by atoms with van der Waals surface area (Å²) in [5, 5.41) is 15.4. The Morgan fingerprint density at radius 3 is 2.71 bits per heavy atom. The first-order chi connectivity index (χ1) is 11.5. The van der Waals surface area contributed by atoms with Crippen molar-refractivity contribution in [2.45, 2.75) is 30.6 Å². The molecule has 1 aliphatic carbocycles. The Hall–Kier alpha value is -1.75. The SMILES string of the molecule is O=S(=O)(O)c1cc(NCCCO)nc(Nc2nc3c(s2)CCC3)c1. The lowest BCUT2D eigenvalue weighted by molar-refractivity contribution is 0.292. The van der Waals surface area contributed by atoms with Crippen LogP contribution in [-0.4, -0.2) is 41.2 Å². The third-order valence-corrected chi connectivity index (χ3v) is 5.47. The molecule has 0 aliphatic heterocycles. The van der Waals surface area contributed by atoms with Gasteiger partial charge in [-0.3, -0.25) is 4.55 Å². The highest BCUT2D eigenvalue weighted by Crippen LogP contribution is 2.32. The van der Waals surface area contributed by atoms with E-state index in [0.717, 1.165) is 25.0 Å². The Bertz CT molecular complexity index is 814. The second-order valence-electron chi connectivity index (χ2n) is 5.42. The van der Waals surface area contributed by atoms with Gasteiger partial charge in [0.05, 0.1) is 5.69 Å². The van der Waals surface area contributed by atoms with Crippen molar-refractivity contribution >= 4 is 38.2 Å². The molecular formula is C14H18N4O4S2. The second-order valence-corrected chi connectivity index (χ2v) is 7.92. The van der Waals surface area contributed by atoms with Crippen molar-refractivity contribution in [2.75, 3.05) is 23.8 Å². The lowest BCUT2D eigenvalue weighted by Gasteiger charge is -2.09. The summed E-state index contributed by atoms with van der Waals surface area (Å²) in [6, 6.07) is 2.51. The molecule has 24 heavy (non-hydrogen) atoms. The molecule has 0 atom stereocenters.